The smallest absolute Gasteiger partial charge is 0.122 e. The standard InChI is InChI=1S/C14H23NO2.ClH/c1-4-5-6-7-14(15)11-8-12(16-2)10-13(9-11)17-3;/h8-10,14H,4-7,15H2,1-3H3;1H/t14-;/m0./s1. The topological polar surface area (TPSA) is 44.5 Å². The molecule has 4 heteroatoms. The number of halogens is 1. The normalized spacial score (nSPS) is 11.6. The molecule has 0 radical (unpaired) electrons. The van der Waals surface area contributed by atoms with Crippen LogP contribution in [0.2, 0.25) is 0 Å². The van der Waals surface area contributed by atoms with E-state index in [2.05, 4.69) is 6.92 Å². The highest BCUT2D eigenvalue weighted by Gasteiger charge is 2.09. The van der Waals surface area contributed by atoms with E-state index >= 15 is 0 Å². The highest BCUT2D eigenvalue weighted by Crippen LogP contribution is 2.27. The number of hydrogen-bond donors (Lipinski definition) is 1. The second kappa shape index (κ2) is 9.06. The Morgan fingerprint density at radius 1 is 1.06 bits per heavy atom. The summed E-state index contributed by atoms with van der Waals surface area (Å²) in [6, 6.07) is 5.89. The fourth-order valence-electron chi connectivity index (χ4n) is 1.82. The maximum Gasteiger partial charge on any atom is 0.122 e. The number of benzene rings is 1. The van der Waals surface area contributed by atoms with E-state index in [4.69, 9.17) is 15.2 Å². The van der Waals surface area contributed by atoms with Crippen molar-refractivity contribution < 1.29 is 9.47 Å². The molecule has 0 amide bonds. The van der Waals surface area contributed by atoms with Crippen molar-refractivity contribution in [2.45, 2.75) is 38.6 Å². The van der Waals surface area contributed by atoms with Gasteiger partial charge in [0.2, 0.25) is 0 Å². The first kappa shape index (κ1) is 17.1. The predicted molar refractivity (Wildman–Crippen MR) is 77.9 cm³/mol. The monoisotopic (exact) mass is 273 g/mol. The van der Waals surface area contributed by atoms with Crippen molar-refractivity contribution in [1.82, 2.24) is 0 Å². The summed E-state index contributed by atoms with van der Waals surface area (Å²) in [4.78, 5) is 0. The van der Waals surface area contributed by atoms with Crippen LogP contribution in [-0.4, -0.2) is 14.2 Å². The lowest BCUT2D eigenvalue weighted by Gasteiger charge is -2.14. The highest BCUT2D eigenvalue weighted by molar-refractivity contribution is 5.85. The van der Waals surface area contributed by atoms with E-state index in [0.29, 0.717) is 0 Å². The molecule has 0 aromatic heterocycles. The van der Waals surface area contributed by atoms with Crippen molar-refractivity contribution in [2.24, 2.45) is 5.73 Å². The molecule has 0 heterocycles. The third kappa shape index (κ3) is 5.15. The zero-order chi connectivity index (χ0) is 12.7. The first-order chi connectivity index (χ1) is 8.21. The van der Waals surface area contributed by atoms with Gasteiger partial charge in [0.15, 0.2) is 0 Å². The predicted octanol–water partition coefficient (Wildman–Crippen LogP) is 3.71. The first-order valence-corrected chi connectivity index (χ1v) is 6.19. The Morgan fingerprint density at radius 2 is 1.61 bits per heavy atom. The van der Waals surface area contributed by atoms with Crippen LogP contribution in [0.1, 0.15) is 44.2 Å². The molecule has 0 saturated heterocycles. The summed E-state index contributed by atoms with van der Waals surface area (Å²) < 4.78 is 10.5. The largest absolute Gasteiger partial charge is 0.497 e. The summed E-state index contributed by atoms with van der Waals surface area (Å²) in [7, 11) is 3.31. The van der Waals surface area contributed by atoms with Gasteiger partial charge in [-0.25, -0.2) is 0 Å². The molecule has 104 valence electrons. The summed E-state index contributed by atoms with van der Waals surface area (Å²) in [5, 5.41) is 0. The van der Waals surface area contributed by atoms with E-state index in [1.165, 1.54) is 12.8 Å². The summed E-state index contributed by atoms with van der Waals surface area (Å²) in [5.41, 5.74) is 7.25. The second-order valence-corrected chi connectivity index (χ2v) is 4.25. The van der Waals surface area contributed by atoms with Crippen LogP contribution in [0, 0.1) is 0 Å². The number of hydrogen-bond acceptors (Lipinski definition) is 3. The van der Waals surface area contributed by atoms with Crippen LogP contribution >= 0.6 is 12.4 Å². The van der Waals surface area contributed by atoms with Gasteiger partial charge in [0.1, 0.15) is 11.5 Å². The minimum absolute atomic E-state index is 0. The lowest BCUT2D eigenvalue weighted by molar-refractivity contribution is 0.392. The Kier molecular flexibility index (Phi) is 8.59. The fourth-order valence-corrected chi connectivity index (χ4v) is 1.82. The SMILES string of the molecule is CCCCC[C@H](N)c1cc(OC)cc(OC)c1.Cl. The van der Waals surface area contributed by atoms with E-state index in [1.807, 2.05) is 18.2 Å². The summed E-state index contributed by atoms with van der Waals surface area (Å²) in [6.07, 6.45) is 4.62. The van der Waals surface area contributed by atoms with Gasteiger partial charge < -0.3 is 15.2 Å². The van der Waals surface area contributed by atoms with Crippen molar-refractivity contribution in [3.63, 3.8) is 0 Å². The molecular weight excluding hydrogens is 250 g/mol. The third-order valence-electron chi connectivity index (χ3n) is 2.92. The molecule has 1 atom stereocenters. The van der Waals surface area contributed by atoms with Gasteiger partial charge >= 0.3 is 0 Å². The Morgan fingerprint density at radius 3 is 2.06 bits per heavy atom. The number of methoxy groups -OCH3 is 2. The second-order valence-electron chi connectivity index (χ2n) is 4.25. The number of rotatable bonds is 7. The van der Waals surface area contributed by atoms with Crippen LogP contribution in [0.3, 0.4) is 0 Å². The average Bonchev–Trinajstić information content (AvgIpc) is 2.38. The molecule has 1 rings (SSSR count). The zero-order valence-corrected chi connectivity index (χ0v) is 12.3. The van der Waals surface area contributed by atoms with E-state index in [-0.39, 0.29) is 18.4 Å². The molecule has 0 spiro atoms. The number of nitrogens with two attached hydrogens (primary N) is 1. The average molecular weight is 274 g/mol. The fraction of sp³-hybridized carbons (Fsp3) is 0.571. The molecule has 0 saturated carbocycles. The minimum atomic E-state index is 0. The third-order valence-corrected chi connectivity index (χ3v) is 2.92. The Hall–Kier alpha value is -0.930. The summed E-state index contributed by atoms with van der Waals surface area (Å²) >= 11 is 0. The Balaban J connectivity index is 0.00000289. The van der Waals surface area contributed by atoms with Crippen molar-refractivity contribution in [3.8, 4) is 11.5 Å². The van der Waals surface area contributed by atoms with Crippen molar-refractivity contribution in [2.75, 3.05) is 14.2 Å². The maximum absolute atomic E-state index is 6.17. The molecular formula is C14H24ClNO2. The number of unbranched alkanes of at least 4 members (excludes halogenated alkanes) is 2. The van der Waals surface area contributed by atoms with Gasteiger partial charge in [-0.1, -0.05) is 26.2 Å². The van der Waals surface area contributed by atoms with Gasteiger partial charge in [-0.05, 0) is 24.1 Å². The zero-order valence-electron chi connectivity index (χ0n) is 11.4. The molecule has 0 aliphatic carbocycles. The summed E-state index contributed by atoms with van der Waals surface area (Å²) in [5.74, 6) is 1.59. The molecule has 0 unspecified atom stereocenters. The van der Waals surface area contributed by atoms with Crippen LogP contribution in [0.25, 0.3) is 0 Å². The van der Waals surface area contributed by atoms with Gasteiger partial charge in [-0.2, -0.15) is 0 Å². The molecule has 0 aliphatic rings. The van der Waals surface area contributed by atoms with Gasteiger partial charge in [0, 0.05) is 12.1 Å². The molecule has 1 aromatic carbocycles. The van der Waals surface area contributed by atoms with E-state index < -0.39 is 0 Å². The molecule has 1 aromatic rings. The maximum atomic E-state index is 6.17. The quantitative estimate of drug-likeness (QED) is 0.771. The van der Waals surface area contributed by atoms with Crippen LogP contribution < -0.4 is 15.2 Å². The lowest BCUT2D eigenvalue weighted by Crippen LogP contribution is -2.10. The highest BCUT2D eigenvalue weighted by atomic mass is 35.5. The Labute approximate surface area is 116 Å². The molecule has 18 heavy (non-hydrogen) atoms. The molecule has 0 aliphatic heterocycles. The van der Waals surface area contributed by atoms with Crippen LogP contribution in [0.4, 0.5) is 0 Å². The molecule has 2 N–H and O–H groups in total. The Bertz CT molecular complexity index is 322. The summed E-state index contributed by atoms with van der Waals surface area (Å²) in [6.45, 7) is 2.19. The van der Waals surface area contributed by atoms with E-state index in [1.54, 1.807) is 14.2 Å². The van der Waals surface area contributed by atoms with Crippen molar-refractivity contribution >= 4 is 12.4 Å². The minimum Gasteiger partial charge on any atom is -0.497 e. The van der Waals surface area contributed by atoms with Gasteiger partial charge in [0.05, 0.1) is 14.2 Å². The number of ether oxygens (including phenoxy) is 2. The molecule has 0 bridgehead atoms. The van der Waals surface area contributed by atoms with Crippen molar-refractivity contribution in [1.29, 1.82) is 0 Å². The van der Waals surface area contributed by atoms with Gasteiger partial charge in [0.25, 0.3) is 0 Å². The lowest BCUT2D eigenvalue weighted by atomic mass is 10.0. The molecule has 3 nitrogen and oxygen atoms in total. The van der Waals surface area contributed by atoms with E-state index in [0.717, 1.165) is 29.9 Å². The van der Waals surface area contributed by atoms with Crippen LogP contribution in [0.15, 0.2) is 18.2 Å². The van der Waals surface area contributed by atoms with E-state index in [9.17, 15) is 0 Å². The first-order valence-electron chi connectivity index (χ1n) is 6.19. The molecule has 0 fully saturated rings. The van der Waals surface area contributed by atoms with Crippen LogP contribution in [-0.2, 0) is 0 Å². The van der Waals surface area contributed by atoms with Crippen molar-refractivity contribution in [3.05, 3.63) is 23.8 Å². The van der Waals surface area contributed by atoms with Gasteiger partial charge in [-0.15, -0.1) is 12.4 Å². The van der Waals surface area contributed by atoms with Gasteiger partial charge in [-0.3, -0.25) is 0 Å². The van der Waals surface area contributed by atoms with Crippen LogP contribution in [0.5, 0.6) is 11.5 Å².